The van der Waals surface area contributed by atoms with Gasteiger partial charge in [0, 0.05) is 34.5 Å². The zero-order valence-corrected chi connectivity index (χ0v) is 22.1. The maximum absolute atomic E-state index is 13.6. The van der Waals surface area contributed by atoms with Crippen LogP contribution in [0, 0.1) is 0 Å². The van der Waals surface area contributed by atoms with Gasteiger partial charge in [-0.25, -0.2) is 0 Å². The van der Waals surface area contributed by atoms with Crippen LogP contribution in [0.3, 0.4) is 0 Å². The Hall–Kier alpha value is -2.47. The predicted octanol–water partition coefficient (Wildman–Crippen LogP) is 6.64. The SMILES string of the molecule is CCCCNC(=O)[C@H](Cc1ccccc1)N(Cc1cccc(Cl)c1)C(=O)CSc1ccc(Cl)cc1. The summed E-state index contributed by atoms with van der Waals surface area (Å²) in [6.45, 7) is 2.95. The highest BCUT2D eigenvalue weighted by molar-refractivity contribution is 8.00. The van der Waals surface area contributed by atoms with E-state index < -0.39 is 6.04 Å². The number of benzene rings is 3. The lowest BCUT2D eigenvalue weighted by molar-refractivity contribution is -0.139. The minimum Gasteiger partial charge on any atom is -0.354 e. The normalized spacial score (nSPS) is 11.6. The minimum absolute atomic E-state index is 0.114. The average Bonchev–Trinajstić information content (AvgIpc) is 2.86. The predicted molar refractivity (Wildman–Crippen MR) is 146 cm³/mol. The number of nitrogens with one attached hydrogen (secondary N) is 1. The van der Waals surface area contributed by atoms with Crippen molar-refractivity contribution in [3.63, 3.8) is 0 Å². The van der Waals surface area contributed by atoms with Crippen LogP contribution in [0.25, 0.3) is 0 Å². The molecule has 0 saturated heterocycles. The molecule has 1 atom stereocenters. The molecular formula is C28H30Cl2N2O2S. The van der Waals surface area contributed by atoms with Gasteiger partial charge in [-0.05, 0) is 53.9 Å². The molecule has 3 aromatic rings. The summed E-state index contributed by atoms with van der Waals surface area (Å²) in [7, 11) is 0. The lowest BCUT2D eigenvalue weighted by Gasteiger charge is -2.31. The molecule has 3 rings (SSSR count). The largest absolute Gasteiger partial charge is 0.354 e. The first kappa shape index (κ1) is 27.1. The minimum atomic E-state index is -0.647. The van der Waals surface area contributed by atoms with Crippen molar-refractivity contribution in [3.8, 4) is 0 Å². The molecule has 35 heavy (non-hydrogen) atoms. The first-order chi connectivity index (χ1) is 17.0. The van der Waals surface area contributed by atoms with E-state index in [0.29, 0.717) is 29.6 Å². The summed E-state index contributed by atoms with van der Waals surface area (Å²) in [4.78, 5) is 29.6. The number of amides is 2. The molecule has 0 spiro atoms. The second-order valence-electron chi connectivity index (χ2n) is 8.24. The fraction of sp³-hybridized carbons (Fsp3) is 0.286. The molecule has 2 amide bonds. The van der Waals surface area contributed by atoms with Gasteiger partial charge >= 0.3 is 0 Å². The van der Waals surface area contributed by atoms with Gasteiger partial charge in [0.2, 0.25) is 11.8 Å². The zero-order chi connectivity index (χ0) is 25.0. The van der Waals surface area contributed by atoms with E-state index in [9.17, 15) is 9.59 Å². The Morgan fingerprint density at radius 2 is 1.63 bits per heavy atom. The highest BCUT2D eigenvalue weighted by Crippen LogP contribution is 2.23. The number of unbranched alkanes of at least 4 members (excludes halogenated alkanes) is 1. The summed E-state index contributed by atoms with van der Waals surface area (Å²) in [6.07, 6.45) is 2.29. The molecule has 0 heterocycles. The molecule has 3 aromatic carbocycles. The Morgan fingerprint density at radius 1 is 0.914 bits per heavy atom. The van der Waals surface area contributed by atoms with Crippen LogP contribution in [0.1, 0.15) is 30.9 Å². The second-order valence-corrected chi connectivity index (χ2v) is 10.2. The van der Waals surface area contributed by atoms with E-state index in [0.717, 1.165) is 28.9 Å². The maximum atomic E-state index is 13.6. The van der Waals surface area contributed by atoms with Crippen molar-refractivity contribution < 1.29 is 9.59 Å². The average molecular weight is 530 g/mol. The molecule has 0 saturated carbocycles. The number of hydrogen-bond donors (Lipinski definition) is 1. The summed E-state index contributed by atoms with van der Waals surface area (Å²) >= 11 is 13.6. The van der Waals surface area contributed by atoms with Gasteiger partial charge < -0.3 is 10.2 Å². The molecule has 1 N–H and O–H groups in total. The summed E-state index contributed by atoms with van der Waals surface area (Å²) in [5.74, 6) is -0.0545. The summed E-state index contributed by atoms with van der Waals surface area (Å²) < 4.78 is 0. The number of nitrogens with zero attached hydrogens (tertiary/aromatic N) is 1. The number of rotatable bonds is 12. The van der Waals surface area contributed by atoms with Crippen molar-refractivity contribution in [1.82, 2.24) is 10.2 Å². The van der Waals surface area contributed by atoms with Crippen molar-refractivity contribution in [3.05, 3.63) is 100 Å². The van der Waals surface area contributed by atoms with E-state index >= 15 is 0 Å². The first-order valence-corrected chi connectivity index (χ1v) is 13.4. The van der Waals surface area contributed by atoms with Crippen molar-refractivity contribution in [1.29, 1.82) is 0 Å². The number of carbonyl (C=O) groups is 2. The highest BCUT2D eigenvalue weighted by atomic mass is 35.5. The van der Waals surface area contributed by atoms with E-state index in [-0.39, 0.29) is 17.6 Å². The van der Waals surface area contributed by atoms with Crippen LogP contribution in [0.5, 0.6) is 0 Å². The molecule has 4 nitrogen and oxygen atoms in total. The third-order valence-corrected chi connectivity index (χ3v) is 7.00. The van der Waals surface area contributed by atoms with Crippen LogP contribution in [0.15, 0.2) is 83.8 Å². The maximum Gasteiger partial charge on any atom is 0.243 e. The molecule has 0 aliphatic carbocycles. The van der Waals surface area contributed by atoms with Gasteiger partial charge in [-0.3, -0.25) is 9.59 Å². The lowest BCUT2D eigenvalue weighted by Crippen LogP contribution is -2.51. The van der Waals surface area contributed by atoms with Crippen LogP contribution < -0.4 is 5.32 Å². The number of halogens is 2. The monoisotopic (exact) mass is 528 g/mol. The van der Waals surface area contributed by atoms with E-state index in [1.807, 2.05) is 60.7 Å². The molecule has 7 heteroatoms. The molecule has 0 unspecified atom stereocenters. The standard InChI is InChI=1S/C28H30Cl2N2O2S/c1-2-3-16-31-28(34)26(18-21-8-5-4-6-9-21)32(19-22-10-7-11-24(30)17-22)27(33)20-35-25-14-12-23(29)13-15-25/h4-15,17,26H,2-3,16,18-20H2,1H3,(H,31,34)/t26-/m0/s1. The number of hydrogen-bond acceptors (Lipinski definition) is 3. The van der Waals surface area contributed by atoms with Crippen molar-refractivity contribution in [2.45, 2.75) is 43.7 Å². The zero-order valence-electron chi connectivity index (χ0n) is 19.8. The van der Waals surface area contributed by atoms with Crippen LogP contribution in [0.4, 0.5) is 0 Å². The van der Waals surface area contributed by atoms with Gasteiger partial charge in [0.25, 0.3) is 0 Å². The van der Waals surface area contributed by atoms with Crippen LogP contribution >= 0.6 is 35.0 Å². The molecule has 0 aromatic heterocycles. The summed E-state index contributed by atoms with van der Waals surface area (Å²) in [6, 6.07) is 24.0. The Morgan fingerprint density at radius 3 is 2.31 bits per heavy atom. The molecule has 0 fully saturated rings. The quantitative estimate of drug-likeness (QED) is 0.211. The molecule has 0 aliphatic rings. The Labute approximate surface area is 222 Å². The van der Waals surface area contributed by atoms with Gasteiger partial charge in [0.05, 0.1) is 5.75 Å². The Bertz CT molecular complexity index is 1090. The van der Waals surface area contributed by atoms with Crippen LogP contribution in [-0.2, 0) is 22.6 Å². The molecular weight excluding hydrogens is 499 g/mol. The topological polar surface area (TPSA) is 49.4 Å². The van der Waals surface area contributed by atoms with Gasteiger partial charge in [-0.2, -0.15) is 0 Å². The van der Waals surface area contributed by atoms with E-state index in [1.165, 1.54) is 11.8 Å². The van der Waals surface area contributed by atoms with Crippen LogP contribution in [-0.4, -0.2) is 35.1 Å². The number of carbonyl (C=O) groups excluding carboxylic acids is 2. The van der Waals surface area contributed by atoms with E-state index in [1.54, 1.807) is 23.1 Å². The number of thioether (sulfide) groups is 1. The lowest BCUT2D eigenvalue weighted by atomic mass is 10.0. The highest BCUT2D eigenvalue weighted by Gasteiger charge is 2.30. The Kier molecular flexibility index (Phi) is 11.0. The van der Waals surface area contributed by atoms with Gasteiger partial charge in [0.15, 0.2) is 0 Å². The van der Waals surface area contributed by atoms with E-state index in [4.69, 9.17) is 23.2 Å². The molecule has 184 valence electrons. The Balaban J connectivity index is 1.87. The molecule has 0 aliphatic heterocycles. The van der Waals surface area contributed by atoms with Crippen molar-refractivity contribution in [2.75, 3.05) is 12.3 Å². The second kappa shape index (κ2) is 14.2. The fourth-order valence-electron chi connectivity index (χ4n) is 3.65. The van der Waals surface area contributed by atoms with E-state index in [2.05, 4.69) is 12.2 Å². The van der Waals surface area contributed by atoms with Gasteiger partial charge in [-0.15, -0.1) is 11.8 Å². The third kappa shape index (κ3) is 8.92. The fourth-order valence-corrected chi connectivity index (χ4v) is 4.77. The molecule has 0 radical (unpaired) electrons. The van der Waals surface area contributed by atoms with Crippen LogP contribution in [0.2, 0.25) is 10.0 Å². The van der Waals surface area contributed by atoms with Crippen molar-refractivity contribution in [2.24, 2.45) is 0 Å². The molecule has 0 bridgehead atoms. The summed E-state index contributed by atoms with van der Waals surface area (Å²) in [5.41, 5.74) is 1.87. The van der Waals surface area contributed by atoms with Crippen molar-refractivity contribution >= 4 is 46.8 Å². The van der Waals surface area contributed by atoms with Gasteiger partial charge in [-0.1, -0.05) is 79.0 Å². The smallest absolute Gasteiger partial charge is 0.243 e. The first-order valence-electron chi connectivity index (χ1n) is 11.7. The summed E-state index contributed by atoms with van der Waals surface area (Å²) in [5, 5.41) is 4.28. The third-order valence-electron chi connectivity index (χ3n) is 5.52. The van der Waals surface area contributed by atoms with Gasteiger partial charge in [0.1, 0.15) is 6.04 Å².